The third kappa shape index (κ3) is 5.91. The topological polar surface area (TPSA) is 43.8 Å². The molecule has 2 N–H and O–H groups in total. The van der Waals surface area contributed by atoms with Crippen LogP contribution in [0.2, 0.25) is 0 Å². The lowest BCUT2D eigenvalue weighted by Crippen LogP contribution is -2.52. The summed E-state index contributed by atoms with van der Waals surface area (Å²) in [6.07, 6.45) is 21.7. The predicted molar refractivity (Wildman–Crippen MR) is 154 cm³/mol. The van der Waals surface area contributed by atoms with Crippen molar-refractivity contribution in [2.45, 2.75) is 119 Å². The Bertz CT molecular complexity index is 782. The molecule has 5 rings (SSSR count). The maximum Gasteiger partial charge on any atom is 0.0564 e. The summed E-state index contributed by atoms with van der Waals surface area (Å²) in [7, 11) is 1.50. The van der Waals surface area contributed by atoms with Crippen molar-refractivity contribution in [1.82, 2.24) is 9.78 Å². The lowest BCUT2D eigenvalue weighted by molar-refractivity contribution is -0.111. The Morgan fingerprint density at radius 2 is 1.80 bits per heavy atom. The SMILES string of the molecule is C.C.C=C(CC)c1cnn(CCC2CCCC3C4CCC5CC(C)CCC5C4CCC23C)c1.CN. The molecule has 35 heavy (non-hydrogen) atoms. The van der Waals surface area contributed by atoms with Gasteiger partial charge in [-0.05, 0) is 124 Å². The van der Waals surface area contributed by atoms with Crippen molar-refractivity contribution in [2.24, 2.45) is 52.6 Å². The number of nitrogens with zero attached hydrogens (tertiary/aromatic N) is 2. The van der Waals surface area contributed by atoms with Gasteiger partial charge in [-0.25, -0.2) is 0 Å². The van der Waals surface area contributed by atoms with Gasteiger partial charge in [-0.15, -0.1) is 0 Å². The van der Waals surface area contributed by atoms with Gasteiger partial charge in [0.2, 0.25) is 0 Å². The van der Waals surface area contributed by atoms with E-state index in [1.54, 1.807) is 19.3 Å². The van der Waals surface area contributed by atoms with Gasteiger partial charge in [0.25, 0.3) is 0 Å². The third-order valence-corrected chi connectivity index (χ3v) is 10.8. The summed E-state index contributed by atoms with van der Waals surface area (Å²) in [5, 5.41) is 4.67. The van der Waals surface area contributed by atoms with Gasteiger partial charge in [0.05, 0.1) is 6.20 Å². The maximum absolute atomic E-state index is 4.67. The Labute approximate surface area is 218 Å². The van der Waals surface area contributed by atoms with Crippen LogP contribution in [0.1, 0.15) is 118 Å². The predicted octanol–water partition coefficient (Wildman–Crippen LogP) is 8.84. The highest BCUT2D eigenvalue weighted by Gasteiger charge is 2.54. The first-order valence-corrected chi connectivity index (χ1v) is 14.3. The van der Waals surface area contributed by atoms with E-state index in [4.69, 9.17) is 0 Å². The Morgan fingerprint density at radius 1 is 1.06 bits per heavy atom. The second-order valence-electron chi connectivity index (χ2n) is 12.3. The molecule has 8 unspecified atom stereocenters. The Morgan fingerprint density at radius 3 is 2.54 bits per heavy atom. The minimum Gasteiger partial charge on any atom is -0.333 e. The minimum absolute atomic E-state index is 0. The van der Waals surface area contributed by atoms with E-state index in [1.807, 2.05) is 6.20 Å². The molecule has 1 heterocycles. The summed E-state index contributed by atoms with van der Waals surface area (Å²) in [6.45, 7) is 12.7. The molecule has 4 aliphatic rings. The van der Waals surface area contributed by atoms with Crippen molar-refractivity contribution in [3.63, 3.8) is 0 Å². The molecule has 0 aromatic carbocycles. The Hall–Kier alpha value is -1.09. The molecule has 3 nitrogen and oxygen atoms in total. The highest BCUT2D eigenvalue weighted by atomic mass is 15.3. The van der Waals surface area contributed by atoms with Crippen LogP contribution in [0.4, 0.5) is 0 Å². The van der Waals surface area contributed by atoms with Crippen molar-refractivity contribution in [2.75, 3.05) is 7.05 Å². The fraction of sp³-hybridized carbons (Fsp3) is 0.844. The third-order valence-electron chi connectivity index (χ3n) is 10.8. The zero-order valence-electron chi connectivity index (χ0n) is 22.1. The normalized spacial score (nSPS) is 37.7. The molecule has 1 aromatic rings. The Kier molecular flexibility index (Phi) is 11.1. The molecule has 1 aromatic heterocycles. The van der Waals surface area contributed by atoms with E-state index >= 15 is 0 Å². The van der Waals surface area contributed by atoms with Gasteiger partial charge in [-0.1, -0.05) is 55.0 Å². The number of aryl methyl sites for hydroxylation is 1. The van der Waals surface area contributed by atoms with Crippen molar-refractivity contribution in [3.8, 4) is 0 Å². The standard InChI is InChI=1S/C29H46N2.CH5N.2CH4/c1-5-21(3)23-18-30-31(19-23)16-14-24-7-6-8-28-27-12-10-22-17-20(2)9-11-25(22)26(27)13-15-29(24,28)4;1-2;;/h18-20,22,24-28H,3,5-17H2,1-2,4H3;2H2,1H3;2*1H4. The van der Waals surface area contributed by atoms with Gasteiger partial charge in [0.1, 0.15) is 0 Å². The van der Waals surface area contributed by atoms with E-state index in [0.29, 0.717) is 5.41 Å². The van der Waals surface area contributed by atoms with Crippen LogP contribution in [0, 0.1) is 46.8 Å². The minimum atomic E-state index is 0. The monoisotopic (exact) mass is 485 g/mol. The van der Waals surface area contributed by atoms with Crippen LogP contribution in [0.25, 0.3) is 5.57 Å². The first-order valence-electron chi connectivity index (χ1n) is 14.3. The number of rotatable bonds is 5. The second kappa shape index (κ2) is 12.9. The van der Waals surface area contributed by atoms with Crippen LogP contribution in [0.3, 0.4) is 0 Å². The van der Waals surface area contributed by atoms with Crippen LogP contribution >= 0.6 is 0 Å². The highest BCUT2D eigenvalue weighted by Crippen LogP contribution is 2.63. The molecule has 4 aliphatic carbocycles. The molecule has 4 saturated carbocycles. The molecule has 0 amide bonds. The molecular formula is C32H59N3. The number of hydrogen-bond acceptors (Lipinski definition) is 2. The molecule has 0 bridgehead atoms. The molecule has 0 spiro atoms. The van der Waals surface area contributed by atoms with Gasteiger partial charge in [0, 0.05) is 18.3 Å². The maximum atomic E-state index is 4.67. The van der Waals surface area contributed by atoms with E-state index in [0.717, 1.165) is 54.4 Å². The molecule has 0 saturated heterocycles. The summed E-state index contributed by atoms with van der Waals surface area (Å²) in [4.78, 5) is 0. The second-order valence-corrected chi connectivity index (χ2v) is 12.3. The van der Waals surface area contributed by atoms with Crippen LogP contribution in [0.15, 0.2) is 19.0 Å². The number of allylic oxidation sites excluding steroid dienone is 1. The molecule has 0 radical (unpaired) electrons. The molecule has 4 fully saturated rings. The van der Waals surface area contributed by atoms with Gasteiger partial charge in [-0.3, -0.25) is 4.68 Å². The number of fused-ring (bicyclic) bond motifs is 5. The lowest BCUT2D eigenvalue weighted by atomic mass is 9.45. The lowest BCUT2D eigenvalue weighted by Gasteiger charge is -2.60. The Balaban J connectivity index is 0.00000105. The van der Waals surface area contributed by atoms with Crippen LogP contribution < -0.4 is 5.73 Å². The van der Waals surface area contributed by atoms with Gasteiger partial charge < -0.3 is 5.73 Å². The van der Waals surface area contributed by atoms with Gasteiger partial charge >= 0.3 is 0 Å². The first kappa shape index (κ1) is 30.1. The average Bonchev–Trinajstić information content (AvgIpc) is 3.32. The van der Waals surface area contributed by atoms with E-state index in [1.165, 1.54) is 69.6 Å². The summed E-state index contributed by atoms with van der Waals surface area (Å²) >= 11 is 0. The van der Waals surface area contributed by atoms with Gasteiger partial charge in [-0.2, -0.15) is 5.10 Å². The summed E-state index contributed by atoms with van der Waals surface area (Å²) in [6, 6.07) is 0. The van der Waals surface area contributed by atoms with Crippen molar-refractivity contribution < 1.29 is 0 Å². The molecule has 202 valence electrons. The van der Waals surface area contributed by atoms with E-state index in [-0.39, 0.29) is 14.9 Å². The number of nitrogens with two attached hydrogens (primary N) is 1. The van der Waals surface area contributed by atoms with E-state index in [9.17, 15) is 0 Å². The van der Waals surface area contributed by atoms with Crippen molar-refractivity contribution in [3.05, 3.63) is 24.5 Å². The van der Waals surface area contributed by atoms with Crippen molar-refractivity contribution in [1.29, 1.82) is 0 Å². The highest BCUT2D eigenvalue weighted by molar-refractivity contribution is 5.61. The summed E-state index contributed by atoms with van der Waals surface area (Å²) in [5.41, 5.74) is 7.52. The zero-order chi connectivity index (χ0) is 23.6. The van der Waals surface area contributed by atoms with Crippen LogP contribution in [0.5, 0.6) is 0 Å². The van der Waals surface area contributed by atoms with Gasteiger partial charge in [0.15, 0.2) is 0 Å². The summed E-state index contributed by atoms with van der Waals surface area (Å²) < 4.78 is 2.20. The molecular weight excluding hydrogens is 426 g/mol. The van der Waals surface area contributed by atoms with Crippen LogP contribution in [-0.2, 0) is 6.54 Å². The fourth-order valence-electron chi connectivity index (χ4n) is 9.03. The molecule has 8 atom stereocenters. The molecule has 0 aliphatic heterocycles. The van der Waals surface area contributed by atoms with Crippen LogP contribution in [-0.4, -0.2) is 16.8 Å². The largest absolute Gasteiger partial charge is 0.333 e. The van der Waals surface area contributed by atoms with E-state index < -0.39 is 0 Å². The summed E-state index contributed by atoms with van der Waals surface area (Å²) in [5.74, 6) is 7.13. The number of hydrogen-bond donors (Lipinski definition) is 1. The van der Waals surface area contributed by atoms with E-state index in [2.05, 4.69) is 49.1 Å². The van der Waals surface area contributed by atoms with Crippen molar-refractivity contribution >= 4 is 5.57 Å². The smallest absolute Gasteiger partial charge is 0.0564 e. The fourth-order valence-corrected chi connectivity index (χ4v) is 9.03. The zero-order valence-corrected chi connectivity index (χ0v) is 22.1. The first-order chi connectivity index (χ1) is 16.0. The molecule has 3 heteroatoms. The quantitative estimate of drug-likeness (QED) is 0.452. The number of aromatic nitrogens is 2. The average molecular weight is 486 g/mol.